The SMILES string of the molecule is O=C(CN1CC2(CC(C(=O)Nc3cc(F)cc(Cl)c3)C2)C1)NC1CCCC1. The number of nitrogens with one attached hydrogen (secondary N) is 2. The molecule has 3 aliphatic rings. The second-order valence-corrected chi connectivity index (χ2v) is 8.88. The van der Waals surface area contributed by atoms with Gasteiger partial charge in [-0.15, -0.1) is 0 Å². The van der Waals surface area contributed by atoms with Gasteiger partial charge in [0.15, 0.2) is 0 Å². The van der Waals surface area contributed by atoms with Crippen LogP contribution in [0.4, 0.5) is 10.1 Å². The second-order valence-electron chi connectivity index (χ2n) is 8.45. The predicted octanol–water partition coefficient (Wildman–Crippen LogP) is 3.19. The fourth-order valence-electron chi connectivity index (χ4n) is 4.86. The van der Waals surface area contributed by atoms with Gasteiger partial charge in [-0.25, -0.2) is 4.39 Å². The zero-order valence-electron chi connectivity index (χ0n) is 15.3. The molecule has 1 spiro atoms. The van der Waals surface area contributed by atoms with Crippen molar-refractivity contribution in [3.63, 3.8) is 0 Å². The predicted molar refractivity (Wildman–Crippen MR) is 102 cm³/mol. The summed E-state index contributed by atoms with van der Waals surface area (Å²) in [6, 6.07) is 4.39. The van der Waals surface area contributed by atoms with Gasteiger partial charge in [-0.2, -0.15) is 0 Å². The Hall–Kier alpha value is -1.66. The van der Waals surface area contributed by atoms with Crippen LogP contribution in [-0.2, 0) is 9.59 Å². The molecule has 0 radical (unpaired) electrons. The minimum Gasteiger partial charge on any atom is -0.352 e. The van der Waals surface area contributed by atoms with Gasteiger partial charge in [0, 0.05) is 35.8 Å². The number of amides is 2. The average Bonchev–Trinajstić information content (AvgIpc) is 2.99. The highest BCUT2D eigenvalue weighted by atomic mass is 35.5. The number of halogens is 2. The standard InChI is InChI=1S/C20H25ClFN3O2/c21-14-5-15(22)7-17(6-14)24-19(27)13-8-20(9-13)11-25(12-20)10-18(26)23-16-3-1-2-4-16/h5-7,13,16H,1-4,8-12H2,(H,23,26)(H,24,27). The van der Waals surface area contributed by atoms with Crippen molar-refractivity contribution >= 4 is 29.1 Å². The highest BCUT2D eigenvalue weighted by molar-refractivity contribution is 6.30. The molecular formula is C20H25ClFN3O2. The van der Waals surface area contributed by atoms with Crippen molar-refractivity contribution in [3.8, 4) is 0 Å². The van der Waals surface area contributed by atoms with Crippen LogP contribution in [0.3, 0.4) is 0 Å². The van der Waals surface area contributed by atoms with Gasteiger partial charge in [0.1, 0.15) is 5.82 Å². The minimum atomic E-state index is -0.464. The molecule has 27 heavy (non-hydrogen) atoms. The van der Waals surface area contributed by atoms with Crippen LogP contribution in [0.1, 0.15) is 38.5 Å². The molecule has 1 saturated heterocycles. The molecule has 2 N–H and O–H groups in total. The lowest BCUT2D eigenvalue weighted by atomic mass is 9.57. The summed E-state index contributed by atoms with van der Waals surface area (Å²) in [6.07, 6.45) is 6.27. The maximum absolute atomic E-state index is 13.4. The highest BCUT2D eigenvalue weighted by Gasteiger charge is 2.54. The Balaban J connectivity index is 1.18. The Morgan fingerprint density at radius 1 is 1.19 bits per heavy atom. The Kier molecular flexibility index (Phi) is 5.12. The van der Waals surface area contributed by atoms with Crippen molar-refractivity contribution in [1.82, 2.24) is 10.2 Å². The van der Waals surface area contributed by atoms with Gasteiger partial charge in [-0.3, -0.25) is 14.5 Å². The van der Waals surface area contributed by atoms with E-state index in [1.165, 1.54) is 25.0 Å². The Morgan fingerprint density at radius 3 is 2.56 bits per heavy atom. The smallest absolute Gasteiger partial charge is 0.234 e. The van der Waals surface area contributed by atoms with Crippen molar-refractivity contribution in [3.05, 3.63) is 29.0 Å². The zero-order valence-corrected chi connectivity index (χ0v) is 16.0. The summed E-state index contributed by atoms with van der Waals surface area (Å²) in [7, 11) is 0. The van der Waals surface area contributed by atoms with Crippen LogP contribution >= 0.6 is 11.6 Å². The van der Waals surface area contributed by atoms with Crippen LogP contribution in [0.5, 0.6) is 0 Å². The molecule has 7 heteroatoms. The number of likely N-dealkylation sites (tertiary alicyclic amines) is 1. The number of carbonyl (C=O) groups excluding carboxylic acids is 2. The molecule has 0 unspecified atom stereocenters. The van der Waals surface area contributed by atoms with Crippen molar-refractivity contribution in [2.75, 3.05) is 25.0 Å². The second kappa shape index (κ2) is 7.40. The first-order valence-corrected chi connectivity index (χ1v) is 10.1. The van der Waals surface area contributed by atoms with E-state index in [4.69, 9.17) is 11.6 Å². The van der Waals surface area contributed by atoms with Crippen molar-refractivity contribution in [2.45, 2.75) is 44.6 Å². The third-order valence-electron chi connectivity index (χ3n) is 6.07. The van der Waals surface area contributed by atoms with Gasteiger partial charge in [0.2, 0.25) is 11.8 Å². The summed E-state index contributed by atoms with van der Waals surface area (Å²) >= 11 is 5.82. The Bertz CT molecular complexity index is 716. The molecule has 0 atom stereocenters. The molecular weight excluding hydrogens is 369 g/mol. The summed E-state index contributed by atoms with van der Waals surface area (Å²) in [6.45, 7) is 2.21. The number of carbonyl (C=O) groups is 2. The van der Waals surface area contributed by atoms with E-state index in [1.807, 2.05) is 0 Å². The average molecular weight is 394 g/mol. The van der Waals surface area contributed by atoms with Gasteiger partial charge >= 0.3 is 0 Å². The van der Waals surface area contributed by atoms with E-state index < -0.39 is 5.82 Å². The van der Waals surface area contributed by atoms with E-state index in [2.05, 4.69) is 15.5 Å². The number of hydrogen-bond donors (Lipinski definition) is 2. The lowest BCUT2D eigenvalue weighted by Crippen LogP contribution is -2.65. The maximum Gasteiger partial charge on any atom is 0.234 e. The number of benzene rings is 1. The van der Waals surface area contributed by atoms with E-state index in [0.29, 0.717) is 18.3 Å². The fourth-order valence-corrected chi connectivity index (χ4v) is 5.08. The lowest BCUT2D eigenvalue weighted by Gasteiger charge is -2.58. The van der Waals surface area contributed by atoms with Gasteiger partial charge in [0.05, 0.1) is 6.54 Å². The quantitative estimate of drug-likeness (QED) is 0.807. The summed E-state index contributed by atoms with van der Waals surface area (Å²) < 4.78 is 13.4. The molecule has 1 aliphatic heterocycles. The molecule has 3 fully saturated rings. The molecule has 2 aliphatic carbocycles. The topological polar surface area (TPSA) is 61.4 Å². The molecule has 1 heterocycles. The molecule has 0 bridgehead atoms. The van der Waals surface area contributed by atoms with E-state index >= 15 is 0 Å². The van der Waals surface area contributed by atoms with Gasteiger partial charge < -0.3 is 10.6 Å². The van der Waals surface area contributed by atoms with Gasteiger partial charge in [-0.05, 0) is 49.3 Å². The third-order valence-corrected chi connectivity index (χ3v) is 6.28. The van der Waals surface area contributed by atoms with E-state index in [1.54, 1.807) is 6.07 Å². The van der Waals surface area contributed by atoms with E-state index in [-0.39, 0.29) is 28.2 Å². The molecule has 5 nitrogen and oxygen atoms in total. The molecule has 4 rings (SSSR count). The van der Waals surface area contributed by atoms with Crippen LogP contribution in [-0.4, -0.2) is 42.4 Å². The molecule has 146 valence electrons. The van der Waals surface area contributed by atoms with Crippen molar-refractivity contribution < 1.29 is 14.0 Å². The zero-order chi connectivity index (χ0) is 19.0. The largest absolute Gasteiger partial charge is 0.352 e. The first kappa shape index (κ1) is 18.7. The molecule has 2 saturated carbocycles. The van der Waals surface area contributed by atoms with Crippen LogP contribution in [0.2, 0.25) is 5.02 Å². The fraction of sp³-hybridized carbons (Fsp3) is 0.600. The van der Waals surface area contributed by atoms with Crippen LogP contribution in [0.25, 0.3) is 0 Å². The highest BCUT2D eigenvalue weighted by Crippen LogP contribution is 2.52. The Labute approximate surface area is 163 Å². The van der Waals surface area contributed by atoms with Gasteiger partial charge in [0.25, 0.3) is 0 Å². The third kappa shape index (κ3) is 4.27. The first-order valence-electron chi connectivity index (χ1n) is 9.70. The van der Waals surface area contributed by atoms with Crippen LogP contribution < -0.4 is 10.6 Å². The monoisotopic (exact) mass is 393 g/mol. The van der Waals surface area contributed by atoms with Gasteiger partial charge in [-0.1, -0.05) is 24.4 Å². The van der Waals surface area contributed by atoms with E-state index in [0.717, 1.165) is 38.8 Å². The van der Waals surface area contributed by atoms with Crippen molar-refractivity contribution in [2.24, 2.45) is 11.3 Å². The number of rotatable bonds is 5. The normalized spacial score (nSPS) is 22.3. The number of hydrogen-bond acceptors (Lipinski definition) is 3. The minimum absolute atomic E-state index is 0.0542. The maximum atomic E-state index is 13.4. The molecule has 2 amide bonds. The van der Waals surface area contributed by atoms with E-state index in [9.17, 15) is 14.0 Å². The molecule has 1 aromatic rings. The summed E-state index contributed by atoms with van der Waals surface area (Å²) in [5.41, 5.74) is 0.569. The number of nitrogens with zero attached hydrogens (tertiary/aromatic N) is 1. The first-order chi connectivity index (χ1) is 12.9. The van der Waals surface area contributed by atoms with Crippen molar-refractivity contribution in [1.29, 1.82) is 0 Å². The Morgan fingerprint density at radius 2 is 1.89 bits per heavy atom. The summed E-state index contributed by atoms with van der Waals surface area (Å²) in [5.74, 6) is -0.483. The number of anilines is 1. The summed E-state index contributed by atoms with van der Waals surface area (Å²) in [5, 5.41) is 6.14. The van der Waals surface area contributed by atoms with Crippen LogP contribution in [0, 0.1) is 17.2 Å². The molecule has 1 aromatic carbocycles. The summed E-state index contributed by atoms with van der Waals surface area (Å²) in [4.78, 5) is 26.6. The van der Waals surface area contributed by atoms with Crippen LogP contribution in [0.15, 0.2) is 18.2 Å². The lowest BCUT2D eigenvalue weighted by molar-refractivity contribution is -0.144. The molecule has 0 aromatic heterocycles.